The molecule has 38 heavy (non-hydrogen) atoms. The van der Waals surface area contributed by atoms with Crippen molar-refractivity contribution in [2.45, 2.75) is 31.5 Å². The molecule has 0 radical (unpaired) electrons. The van der Waals surface area contributed by atoms with E-state index in [4.69, 9.17) is 4.74 Å². The molecule has 4 aromatic carbocycles. The average Bonchev–Trinajstić information content (AvgIpc) is 2.91. The Labute approximate surface area is 221 Å². The number of hydrogen-bond acceptors (Lipinski definition) is 2. The van der Waals surface area contributed by atoms with Gasteiger partial charge in [-0.3, -0.25) is 0 Å². The summed E-state index contributed by atoms with van der Waals surface area (Å²) in [7, 11) is 2.01. The van der Waals surface area contributed by atoms with Gasteiger partial charge in [0.2, 0.25) is 0 Å². The third-order valence-electron chi connectivity index (χ3n) is 6.64. The molecular formula is C32H31F4NO. The zero-order valence-corrected chi connectivity index (χ0v) is 21.5. The highest BCUT2D eigenvalue weighted by molar-refractivity contribution is 5.64. The number of likely N-dealkylation sites (N-methyl/N-ethyl adjacent to an activating group) is 1. The summed E-state index contributed by atoms with van der Waals surface area (Å²) in [6.45, 7) is 3.47. The van der Waals surface area contributed by atoms with Crippen LogP contribution in [0.4, 0.5) is 17.6 Å². The summed E-state index contributed by atoms with van der Waals surface area (Å²) in [6.07, 6.45) is -4.08. The van der Waals surface area contributed by atoms with Crippen LogP contribution in [0.2, 0.25) is 0 Å². The molecule has 0 fully saturated rings. The van der Waals surface area contributed by atoms with Gasteiger partial charge in [0.05, 0.1) is 5.56 Å². The highest BCUT2D eigenvalue weighted by Gasteiger charge is 2.30. The van der Waals surface area contributed by atoms with Gasteiger partial charge in [-0.15, -0.1) is 0 Å². The lowest BCUT2D eigenvalue weighted by Gasteiger charge is -2.25. The minimum atomic E-state index is -4.39. The Bertz CT molecular complexity index is 1290. The SMILES string of the molecule is CC(CN(C)CC[C@@H](Oc1ccc(C(F)(F)F)cc1)c1ccccc1)c1ccc(-c2ccccc2)c(F)c1. The topological polar surface area (TPSA) is 12.5 Å². The average molecular weight is 522 g/mol. The van der Waals surface area contributed by atoms with Gasteiger partial charge in [0.15, 0.2) is 0 Å². The van der Waals surface area contributed by atoms with Crippen molar-refractivity contribution < 1.29 is 22.3 Å². The molecular weight excluding hydrogens is 490 g/mol. The molecule has 0 bridgehead atoms. The minimum absolute atomic E-state index is 0.102. The quantitative estimate of drug-likeness (QED) is 0.193. The monoisotopic (exact) mass is 521 g/mol. The Hall–Kier alpha value is -3.64. The molecule has 2 nitrogen and oxygen atoms in total. The van der Waals surface area contributed by atoms with E-state index in [1.54, 1.807) is 6.07 Å². The standard InChI is InChI=1S/C32H31F4NO/c1-23(26-13-18-29(30(33)21-26)24-9-5-3-6-10-24)22-37(2)20-19-31(25-11-7-4-8-12-25)38-28-16-14-27(15-17-28)32(34,35)36/h3-18,21,23,31H,19-20,22H2,1-2H3/t23?,31-/m1/s1. The molecule has 1 unspecified atom stereocenters. The fraction of sp³-hybridized carbons (Fsp3) is 0.250. The summed E-state index contributed by atoms with van der Waals surface area (Å²) in [5, 5.41) is 0. The first-order chi connectivity index (χ1) is 18.2. The van der Waals surface area contributed by atoms with Crippen molar-refractivity contribution in [1.82, 2.24) is 4.90 Å². The largest absolute Gasteiger partial charge is 0.486 e. The van der Waals surface area contributed by atoms with Gasteiger partial charge in [0.1, 0.15) is 17.7 Å². The Morgan fingerprint density at radius 1 is 0.789 bits per heavy atom. The molecule has 2 atom stereocenters. The van der Waals surface area contributed by atoms with Crippen molar-refractivity contribution in [2.24, 2.45) is 0 Å². The first-order valence-corrected chi connectivity index (χ1v) is 12.6. The fourth-order valence-electron chi connectivity index (χ4n) is 4.54. The van der Waals surface area contributed by atoms with Crippen molar-refractivity contribution in [3.8, 4) is 16.9 Å². The van der Waals surface area contributed by atoms with Gasteiger partial charge in [-0.05, 0) is 60.0 Å². The van der Waals surface area contributed by atoms with Gasteiger partial charge < -0.3 is 9.64 Å². The molecule has 0 aromatic heterocycles. The number of nitrogens with zero attached hydrogens (tertiary/aromatic N) is 1. The highest BCUT2D eigenvalue weighted by Crippen LogP contribution is 2.32. The maximum absolute atomic E-state index is 14.9. The lowest BCUT2D eigenvalue weighted by molar-refractivity contribution is -0.137. The molecule has 0 spiro atoms. The second kappa shape index (κ2) is 12.3. The van der Waals surface area contributed by atoms with E-state index in [1.165, 1.54) is 12.1 Å². The normalized spacial score (nSPS) is 13.3. The molecule has 0 aliphatic rings. The maximum atomic E-state index is 14.9. The van der Waals surface area contributed by atoms with Crippen molar-refractivity contribution in [1.29, 1.82) is 0 Å². The predicted octanol–water partition coefficient (Wildman–Crippen LogP) is 8.76. The molecule has 0 aliphatic carbocycles. The first-order valence-electron chi connectivity index (χ1n) is 12.6. The zero-order chi connectivity index (χ0) is 27.1. The minimum Gasteiger partial charge on any atom is -0.486 e. The second-order valence-electron chi connectivity index (χ2n) is 9.60. The molecule has 0 aliphatic heterocycles. The van der Waals surface area contributed by atoms with Crippen LogP contribution in [0.3, 0.4) is 0 Å². The summed E-state index contributed by atoms with van der Waals surface area (Å²) in [5.41, 5.74) is 2.60. The Kier molecular flexibility index (Phi) is 8.85. The van der Waals surface area contributed by atoms with E-state index in [-0.39, 0.29) is 17.8 Å². The number of hydrogen-bond donors (Lipinski definition) is 0. The summed E-state index contributed by atoms with van der Waals surface area (Å²) >= 11 is 0. The summed E-state index contributed by atoms with van der Waals surface area (Å²) in [5.74, 6) is 0.250. The van der Waals surface area contributed by atoms with Crippen LogP contribution < -0.4 is 4.74 Å². The zero-order valence-electron chi connectivity index (χ0n) is 21.5. The molecule has 0 N–H and O–H groups in total. The number of ether oxygens (including phenoxy) is 1. The van der Waals surface area contributed by atoms with E-state index < -0.39 is 11.7 Å². The smallest absolute Gasteiger partial charge is 0.416 e. The van der Waals surface area contributed by atoms with E-state index in [0.717, 1.165) is 28.8 Å². The summed E-state index contributed by atoms with van der Waals surface area (Å²) in [4.78, 5) is 2.17. The van der Waals surface area contributed by atoms with Crippen LogP contribution in [0.25, 0.3) is 11.1 Å². The van der Waals surface area contributed by atoms with Gasteiger partial charge in [0.25, 0.3) is 0 Å². The molecule has 0 saturated carbocycles. The van der Waals surface area contributed by atoms with Gasteiger partial charge in [-0.1, -0.05) is 79.7 Å². The van der Waals surface area contributed by atoms with E-state index in [0.29, 0.717) is 30.8 Å². The third-order valence-corrected chi connectivity index (χ3v) is 6.64. The van der Waals surface area contributed by atoms with Crippen LogP contribution in [0.15, 0.2) is 103 Å². The number of halogens is 4. The van der Waals surface area contributed by atoms with Crippen LogP contribution in [0.5, 0.6) is 5.75 Å². The molecule has 0 amide bonds. The predicted molar refractivity (Wildman–Crippen MR) is 144 cm³/mol. The van der Waals surface area contributed by atoms with Crippen molar-refractivity contribution in [2.75, 3.05) is 20.1 Å². The number of rotatable bonds is 10. The van der Waals surface area contributed by atoms with Gasteiger partial charge >= 0.3 is 6.18 Å². The lowest BCUT2D eigenvalue weighted by Crippen LogP contribution is -2.26. The summed E-state index contributed by atoms with van der Waals surface area (Å²) < 4.78 is 59.8. The molecule has 4 aromatic rings. The van der Waals surface area contributed by atoms with Crippen LogP contribution in [0, 0.1) is 5.82 Å². The van der Waals surface area contributed by atoms with Crippen molar-refractivity contribution in [3.63, 3.8) is 0 Å². The second-order valence-corrected chi connectivity index (χ2v) is 9.60. The molecule has 6 heteroatoms. The van der Waals surface area contributed by atoms with E-state index in [2.05, 4.69) is 11.8 Å². The number of benzene rings is 4. The van der Waals surface area contributed by atoms with E-state index >= 15 is 0 Å². The third kappa shape index (κ3) is 7.23. The van der Waals surface area contributed by atoms with Gasteiger partial charge in [-0.2, -0.15) is 13.2 Å². The van der Waals surface area contributed by atoms with Crippen LogP contribution >= 0.6 is 0 Å². The Balaban J connectivity index is 1.39. The lowest BCUT2D eigenvalue weighted by atomic mass is 9.96. The van der Waals surface area contributed by atoms with Gasteiger partial charge in [0, 0.05) is 25.1 Å². The van der Waals surface area contributed by atoms with Crippen LogP contribution in [0.1, 0.15) is 42.1 Å². The molecule has 0 heterocycles. The molecule has 0 saturated heterocycles. The molecule has 4 rings (SSSR count). The maximum Gasteiger partial charge on any atom is 0.416 e. The number of alkyl halides is 3. The Morgan fingerprint density at radius 2 is 1.42 bits per heavy atom. The fourth-order valence-corrected chi connectivity index (χ4v) is 4.54. The van der Waals surface area contributed by atoms with Crippen LogP contribution in [-0.2, 0) is 6.18 Å². The summed E-state index contributed by atoms with van der Waals surface area (Å²) in [6, 6.07) is 29.3. The molecule has 198 valence electrons. The van der Waals surface area contributed by atoms with Crippen LogP contribution in [-0.4, -0.2) is 25.0 Å². The van der Waals surface area contributed by atoms with Crippen molar-refractivity contribution >= 4 is 0 Å². The van der Waals surface area contributed by atoms with E-state index in [1.807, 2.05) is 79.8 Å². The van der Waals surface area contributed by atoms with E-state index in [9.17, 15) is 17.6 Å². The van der Waals surface area contributed by atoms with Crippen molar-refractivity contribution in [3.05, 3.63) is 126 Å². The highest BCUT2D eigenvalue weighted by atomic mass is 19.4. The van der Waals surface area contributed by atoms with Gasteiger partial charge in [-0.25, -0.2) is 4.39 Å². The Morgan fingerprint density at radius 3 is 2.03 bits per heavy atom. The first kappa shape index (κ1) is 27.4.